The van der Waals surface area contributed by atoms with Crippen molar-refractivity contribution in [2.24, 2.45) is 0 Å². The zero-order valence-corrected chi connectivity index (χ0v) is 18.1. The van der Waals surface area contributed by atoms with Gasteiger partial charge in [-0.25, -0.2) is 0 Å². The molecule has 0 aliphatic heterocycles. The second kappa shape index (κ2) is 10.1. The van der Waals surface area contributed by atoms with Crippen molar-refractivity contribution in [3.63, 3.8) is 0 Å². The molecule has 4 nitrogen and oxygen atoms in total. The first-order valence-corrected chi connectivity index (χ1v) is 10.2. The van der Waals surface area contributed by atoms with Crippen LogP contribution >= 0.6 is 34.2 Å². The average Bonchev–Trinajstić information content (AvgIpc) is 2.72. The van der Waals surface area contributed by atoms with E-state index in [1.807, 2.05) is 54.6 Å². The largest absolute Gasteiger partial charge is 0.487 e. The second-order valence-corrected chi connectivity index (χ2v) is 7.75. The molecule has 3 aromatic carbocycles. The van der Waals surface area contributed by atoms with E-state index in [1.54, 1.807) is 24.3 Å². The van der Waals surface area contributed by atoms with Gasteiger partial charge in [0.1, 0.15) is 24.0 Å². The van der Waals surface area contributed by atoms with Crippen molar-refractivity contribution in [1.29, 1.82) is 5.26 Å². The Morgan fingerprint density at radius 1 is 1.10 bits per heavy atom. The third-order valence-electron chi connectivity index (χ3n) is 3.95. The maximum atomic E-state index is 12.4. The highest BCUT2D eigenvalue weighted by Crippen LogP contribution is 2.27. The van der Waals surface area contributed by atoms with Crippen molar-refractivity contribution in [2.75, 3.05) is 5.32 Å². The molecule has 0 bridgehead atoms. The van der Waals surface area contributed by atoms with E-state index in [0.29, 0.717) is 28.6 Å². The smallest absolute Gasteiger partial charge is 0.266 e. The Morgan fingerprint density at radius 2 is 1.90 bits per heavy atom. The van der Waals surface area contributed by atoms with E-state index in [9.17, 15) is 10.1 Å². The summed E-state index contributed by atoms with van der Waals surface area (Å²) in [7, 11) is 0. The van der Waals surface area contributed by atoms with Crippen LogP contribution in [0.5, 0.6) is 5.75 Å². The fourth-order valence-corrected chi connectivity index (χ4v) is 3.33. The highest BCUT2D eigenvalue weighted by molar-refractivity contribution is 14.1. The Bertz CT molecular complexity index is 1090. The van der Waals surface area contributed by atoms with Crippen molar-refractivity contribution in [2.45, 2.75) is 6.61 Å². The molecule has 0 radical (unpaired) electrons. The van der Waals surface area contributed by atoms with Gasteiger partial charge in [0.15, 0.2) is 0 Å². The molecule has 1 N–H and O–H groups in total. The molecule has 6 heteroatoms. The zero-order chi connectivity index (χ0) is 20.6. The number of nitriles is 1. The first-order valence-electron chi connectivity index (χ1n) is 8.70. The molecule has 3 aromatic rings. The highest BCUT2D eigenvalue weighted by Gasteiger charge is 2.11. The molecule has 0 spiro atoms. The molecular weight excluding hydrogens is 499 g/mol. The third kappa shape index (κ3) is 6.08. The van der Waals surface area contributed by atoms with Gasteiger partial charge in [-0.15, -0.1) is 0 Å². The number of rotatable bonds is 6. The molecule has 0 aliphatic carbocycles. The minimum Gasteiger partial charge on any atom is -0.487 e. The lowest BCUT2D eigenvalue weighted by molar-refractivity contribution is -0.112. The van der Waals surface area contributed by atoms with Crippen LogP contribution < -0.4 is 10.1 Å². The molecule has 0 aliphatic rings. The number of anilines is 1. The van der Waals surface area contributed by atoms with E-state index in [-0.39, 0.29) is 5.57 Å². The van der Waals surface area contributed by atoms with E-state index < -0.39 is 5.91 Å². The van der Waals surface area contributed by atoms with Crippen LogP contribution in [0.25, 0.3) is 6.08 Å². The second-order valence-electron chi connectivity index (χ2n) is 6.10. The highest BCUT2D eigenvalue weighted by atomic mass is 127. The summed E-state index contributed by atoms with van der Waals surface area (Å²) in [5, 5.41) is 12.5. The number of amides is 1. The number of hydrogen-bond donors (Lipinski definition) is 1. The summed E-state index contributed by atoms with van der Waals surface area (Å²) in [5.41, 5.74) is 2.28. The average molecular weight is 515 g/mol. The molecule has 29 heavy (non-hydrogen) atoms. The van der Waals surface area contributed by atoms with Crippen molar-refractivity contribution in [3.8, 4) is 11.8 Å². The number of carbonyl (C=O) groups is 1. The van der Waals surface area contributed by atoms with Crippen molar-refractivity contribution in [3.05, 3.63) is 98.1 Å². The number of carbonyl (C=O) groups excluding carboxylic acids is 1. The van der Waals surface area contributed by atoms with E-state index in [0.717, 1.165) is 9.13 Å². The summed E-state index contributed by atoms with van der Waals surface area (Å²) in [4.78, 5) is 12.4. The van der Waals surface area contributed by atoms with Crippen LogP contribution in [0, 0.1) is 14.9 Å². The van der Waals surface area contributed by atoms with Crippen LogP contribution in [0.1, 0.15) is 11.1 Å². The Kier molecular flexibility index (Phi) is 7.28. The van der Waals surface area contributed by atoms with Gasteiger partial charge in [0.2, 0.25) is 0 Å². The fourth-order valence-electron chi connectivity index (χ4n) is 2.54. The fraction of sp³-hybridized carbons (Fsp3) is 0.0435. The molecule has 0 fully saturated rings. The van der Waals surface area contributed by atoms with Crippen molar-refractivity contribution >= 4 is 51.9 Å². The van der Waals surface area contributed by atoms with Crippen LogP contribution in [0.3, 0.4) is 0 Å². The Hall–Kier alpha value is -2.82. The minimum atomic E-state index is -0.477. The minimum absolute atomic E-state index is 0.0159. The van der Waals surface area contributed by atoms with Gasteiger partial charge in [-0.3, -0.25) is 4.79 Å². The Morgan fingerprint density at radius 3 is 2.59 bits per heavy atom. The maximum Gasteiger partial charge on any atom is 0.266 e. The molecule has 0 heterocycles. The lowest BCUT2D eigenvalue weighted by Gasteiger charge is -2.09. The number of ether oxygens (including phenoxy) is 1. The van der Waals surface area contributed by atoms with Crippen LogP contribution in [0.2, 0.25) is 5.02 Å². The number of nitrogens with zero attached hydrogens (tertiary/aromatic N) is 1. The summed E-state index contributed by atoms with van der Waals surface area (Å²) in [6, 6.07) is 24.2. The standard InChI is InChI=1S/C23H16ClIN2O2/c24-21-12-17(9-10-22(21)29-15-16-5-2-1-3-6-16)11-18(14-26)23(28)27-20-8-4-7-19(25)13-20/h1-13H,15H2,(H,27,28)/b18-11+. The molecule has 3 rings (SSSR count). The van der Waals surface area contributed by atoms with Crippen LogP contribution in [-0.2, 0) is 11.4 Å². The normalized spacial score (nSPS) is 10.9. The lowest BCUT2D eigenvalue weighted by Crippen LogP contribution is -2.13. The molecule has 1 amide bonds. The molecule has 0 unspecified atom stereocenters. The predicted molar refractivity (Wildman–Crippen MR) is 124 cm³/mol. The number of benzene rings is 3. The molecule has 0 atom stereocenters. The van der Waals surface area contributed by atoms with Gasteiger partial charge < -0.3 is 10.1 Å². The van der Waals surface area contributed by atoms with Crippen LogP contribution in [0.4, 0.5) is 5.69 Å². The molecular formula is C23H16ClIN2O2. The van der Waals surface area contributed by atoms with Gasteiger partial charge in [0, 0.05) is 9.26 Å². The summed E-state index contributed by atoms with van der Waals surface area (Å²) >= 11 is 8.47. The molecule has 0 saturated carbocycles. The SMILES string of the molecule is N#C/C(=C\c1ccc(OCc2ccccc2)c(Cl)c1)C(=O)Nc1cccc(I)c1. The maximum absolute atomic E-state index is 12.4. The lowest BCUT2D eigenvalue weighted by atomic mass is 10.1. The van der Waals surface area contributed by atoms with Gasteiger partial charge in [0.25, 0.3) is 5.91 Å². The van der Waals surface area contributed by atoms with Gasteiger partial charge in [-0.1, -0.05) is 54.1 Å². The topological polar surface area (TPSA) is 62.1 Å². The summed E-state index contributed by atoms with van der Waals surface area (Å²) in [5.74, 6) is 0.0597. The van der Waals surface area contributed by atoms with Gasteiger partial charge in [0.05, 0.1) is 5.02 Å². The van der Waals surface area contributed by atoms with E-state index in [2.05, 4.69) is 27.9 Å². The van der Waals surface area contributed by atoms with Gasteiger partial charge >= 0.3 is 0 Å². The van der Waals surface area contributed by atoms with Crippen LogP contribution in [0.15, 0.2) is 78.4 Å². The number of nitrogens with one attached hydrogen (secondary N) is 1. The quantitative estimate of drug-likeness (QED) is 0.247. The monoisotopic (exact) mass is 514 g/mol. The molecule has 144 valence electrons. The molecule has 0 saturated heterocycles. The first-order chi connectivity index (χ1) is 14.0. The molecule has 0 aromatic heterocycles. The van der Waals surface area contributed by atoms with Crippen LogP contribution in [-0.4, -0.2) is 5.91 Å². The Balaban J connectivity index is 1.71. The summed E-state index contributed by atoms with van der Waals surface area (Å²) < 4.78 is 6.74. The predicted octanol–water partition coefficient (Wildman–Crippen LogP) is 6.07. The van der Waals surface area contributed by atoms with Gasteiger partial charge in [-0.05, 0) is 70.1 Å². The number of hydrogen-bond acceptors (Lipinski definition) is 3. The van der Waals surface area contributed by atoms with Crippen molar-refractivity contribution < 1.29 is 9.53 Å². The van der Waals surface area contributed by atoms with E-state index in [4.69, 9.17) is 16.3 Å². The van der Waals surface area contributed by atoms with E-state index in [1.165, 1.54) is 6.08 Å². The Labute approximate surface area is 187 Å². The van der Waals surface area contributed by atoms with Gasteiger partial charge in [-0.2, -0.15) is 5.26 Å². The number of halogens is 2. The summed E-state index contributed by atoms with van der Waals surface area (Å²) in [6.45, 7) is 0.400. The van der Waals surface area contributed by atoms with E-state index >= 15 is 0 Å². The third-order valence-corrected chi connectivity index (χ3v) is 4.92. The first kappa shape index (κ1) is 20.9. The zero-order valence-electron chi connectivity index (χ0n) is 15.2. The van der Waals surface area contributed by atoms with Crippen molar-refractivity contribution in [1.82, 2.24) is 0 Å². The summed E-state index contributed by atoms with van der Waals surface area (Å²) in [6.07, 6.45) is 1.50.